The van der Waals surface area contributed by atoms with Gasteiger partial charge in [-0.15, -0.1) is 0 Å². The van der Waals surface area contributed by atoms with Crippen molar-refractivity contribution in [3.8, 4) is 0 Å². The highest BCUT2D eigenvalue weighted by molar-refractivity contribution is 7.87. The molecule has 4 heteroatoms. The van der Waals surface area contributed by atoms with Crippen LogP contribution in [0, 0.1) is 0 Å². The number of carbonyl (C=O) groups is 1. The van der Waals surface area contributed by atoms with E-state index in [1.807, 2.05) is 0 Å². The van der Waals surface area contributed by atoms with E-state index in [1.54, 1.807) is 0 Å². The van der Waals surface area contributed by atoms with Crippen molar-refractivity contribution >= 4 is 16.8 Å². The minimum atomic E-state index is -1.08. The minimum absolute atomic E-state index is 0.406. The maximum Gasteiger partial charge on any atom is 0.331 e. The molecule has 0 saturated heterocycles. The number of hydrogen-bond donors (Lipinski definition) is 0. The van der Waals surface area contributed by atoms with Crippen molar-refractivity contribution in [1.82, 2.24) is 0 Å². The van der Waals surface area contributed by atoms with E-state index in [-0.39, 0.29) is 0 Å². The molecular formula is C10H18O3S. The molecule has 1 unspecified atom stereocenters. The van der Waals surface area contributed by atoms with E-state index in [2.05, 4.69) is 6.92 Å². The van der Waals surface area contributed by atoms with Crippen molar-refractivity contribution in [2.75, 3.05) is 12.9 Å². The lowest BCUT2D eigenvalue weighted by atomic mass is 10.2. The summed E-state index contributed by atoms with van der Waals surface area (Å²) >= 11 is 0. The SMILES string of the molecule is CCCCCCOC(=O)C=CS(C)=O. The molecule has 0 aromatic rings. The molecule has 0 aliphatic rings. The summed E-state index contributed by atoms with van der Waals surface area (Å²) < 4.78 is 15.5. The summed E-state index contributed by atoms with van der Waals surface area (Å²) in [4.78, 5) is 10.9. The Balaban J connectivity index is 3.40. The monoisotopic (exact) mass is 218 g/mol. The average molecular weight is 218 g/mol. The molecule has 0 N–H and O–H groups in total. The van der Waals surface area contributed by atoms with E-state index in [4.69, 9.17) is 4.74 Å². The fourth-order valence-electron chi connectivity index (χ4n) is 0.901. The fourth-order valence-corrected chi connectivity index (χ4v) is 1.20. The maximum absolute atomic E-state index is 10.9. The molecule has 0 amide bonds. The van der Waals surface area contributed by atoms with E-state index in [0.717, 1.165) is 12.8 Å². The second-order valence-corrected chi connectivity index (χ2v) is 4.30. The highest BCUT2D eigenvalue weighted by Gasteiger charge is 1.96. The Bertz CT molecular complexity index is 211. The van der Waals surface area contributed by atoms with E-state index >= 15 is 0 Å². The second kappa shape index (κ2) is 8.94. The highest BCUT2D eigenvalue weighted by atomic mass is 32.2. The molecular weight excluding hydrogens is 200 g/mol. The summed E-state index contributed by atoms with van der Waals surface area (Å²) in [5.74, 6) is -0.406. The summed E-state index contributed by atoms with van der Waals surface area (Å²) in [7, 11) is -1.08. The van der Waals surface area contributed by atoms with Crippen LogP contribution in [0.25, 0.3) is 0 Å². The molecule has 0 rings (SSSR count). The van der Waals surface area contributed by atoms with Crippen molar-refractivity contribution in [2.45, 2.75) is 32.6 Å². The van der Waals surface area contributed by atoms with Crippen molar-refractivity contribution < 1.29 is 13.7 Å². The van der Waals surface area contributed by atoms with Crippen LogP contribution in [0.5, 0.6) is 0 Å². The Hall–Kier alpha value is -0.640. The number of esters is 1. The van der Waals surface area contributed by atoms with Crippen molar-refractivity contribution in [2.24, 2.45) is 0 Å². The number of unbranched alkanes of at least 4 members (excludes halogenated alkanes) is 3. The van der Waals surface area contributed by atoms with Gasteiger partial charge in [-0.05, 0) is 6.42 Å². The Morgan fingerprint density at radius 1 is 1.36 bits per heavy atom. The molecule has 14 heavy (non-hydrogen) atoms. The van der Waals surface area contributed by atoms with Gasteiger partial charge in [0.1, 0.15) is 0 Å². The van der Waals surface area contributed by atoms with E-state index in [1.165, 1.54) is 30.6 Å². The van der Waals surface area contributed by atoms with Crippen molar-refractivity contribution in [3.05, 3.63) is 11.5 Å². The largest absolute Gasteiger partial charge is 0.463 e. The average Bonchev–Trinajstić information content (AvgIpc) is 2.14. The Kier molecular flexibility index (Phi) is 8.53. The molecule has 0 spiro atoms. The minimum Gasteiger partial charge on any atom is -0.463 e. The first-order chi connectivity index (χ1) is 6.66. The van der Waals surface area contributed by atoms with Crippen LogP contribution < -0.4 is 0 Å². The first-order valence-electron chi connectivity index (χ1n) is 4.84. The van der Waals surface area contributed by atoms with Gasteiger partial charge < -0.3 is 4.74 Å². The van der Waals surface area contributed by atoms with Crippen LogP contribution in [0.1, 0.15) is 32.6 Å². The number of ether oxygens (including phenoxy) is 1. The summed E-state index contributed by atoms with van der Waals surface area (Å²) in [5, 5.41) is 1.33. The van der Waals surface area contributed by atoms with Gasteiger partial charge in [0.2, 0.25) is 0 Å². The van der Waals surface area contributed by atoms with Gasteiger partial charge in [0.15, 0.2) is 0 Å². The molecule has 0 aromatic carbocycles. The van der Waals surface area contributed by atoms with E-state index in [9.17, 15) is 9.00 Å². The maximum atomic E-state index is 10.9. The Labute approximate surface area is 88.0 Å². The van der Waals surface area contributed by atoms with Gasteiger partial charge in [-0.2, -0.15) is 0 Å². The van der Waals surface area contributed by atoms with Crippen LogP contribution in [-0.2, 0) is 20.3 Å². The Morgan fingerprint density at radius 3 is 2.64 bits per heavy atom. The number of rotatable bonds is 7. The zero-order valence-electron chi connectivity index (χ0n) is 8.82. The molecule has 0 aliphatic carbocycles. The molecule has 1 atom stereocenters. The lowest BCUT2D eigenvalue weighted by Gasteiger charge is -2.00. The molecule has 0 aliphatic heterocycles. The quantitative estimate of drug-likeness (QED) is 0.373. The molecule has 0 fully saturated rings. The predicted octanol–water partition coefficient (Wildman–Crippen LogP) is 2.00. The second-order valence-electron chi connectivity index (χ2n) is 3.03. The van der Waals surface area contributed by atoms with Crippen molar-refractivity contribution in [3.63, 3.8) is 0 Å². The van der Waals surface area contributed by atoms with Gasteiger partial charge in [-0.3, -0.25) is 4.21 Å². The zero-order valence-corrected chi connectivity index (χ0v) is 9.64. The van der Waals surface area contributed by atoms with Crippen LogP contribution in [0.3, 0.4) is 0 Å². The third-order valence-corrected chi connectivity index (χ3v) is 2.16. The molecule has 0 bridgehead atoms. The molecule has 0 saturated carbocycles. The fraction of sp³-hybridized carbons (Fsp3) is 0.700. The molecule has 0 heterocycles. The molecule has 0 aromatic heterocycles. The van der Waals surface area contributed by atoms with Crippen molar-refractivity contribution in [1.29, 1.82) is 0 Å². The number of carbonyl (C=O) groups excluding carboxylic acids is 1. The summed E-state index contributed by atoms with van der Waals surface area (Å²) in [6.07, 6.45) is 7.06. The zero-order chi connectivity index (χ0) is 10.8. The first kappa shape index (κ1) is 13.4. The van der Waals surface area contributed by atoms with Crippen LogP contribution in [-0.4, -0.2) is 23.0 Å². The summed E-state index contributed by atoms with van der Waals surface area (Å²) in [5.41, 5.74) is 0. The van der Waals surface area contributed by atoms with Gasteiger partial charge in [0, 0.05) is 28.5 Å². The van der Waals surface area contributed by atoms with Crippen LogP contribution >= 0.6 is 0 Å². The lowest BCUT2D eigenvalue weighted by Crippen LogP contribution is -2.02. The van der Waals surface area contributed by atoms with Crippen LogP contribution in [0.2, 0.25) is 0 Å². The Morgan fingerprint density at radius 2 is 2.07 bits per heavy atom. The predicted molar refractivity (Wildman–Crippen MR) is 58.3 cm³/mol. The lowest BCUT2D eigenvalue weighted by molar-refractivity contribution is -0.137. The van der Waals surface area contributed by atoms with Gasteiger partial charge in [0.05, 0.1) is 6.61 Å². The smallest absolute Gasteiger partial charge is 0.331 e. The number of hydrogen-bond acceptors (Lipinski definition) is 3. The summed E-state index contributed by atoms with van der Waals surface area (Å²) in [6, 6.07) is 0. The van der Waals surface area contributed by atoms with E-state index < -0.39 is 16.8 Å². The first-order valence-corrected chi connectivity index (χ1v) is 6.46. The molecule has 82 valence electrons. The summed E-state index contributed by atoms with van der Waals surface area (Å²) in [6.45, 7) is 2.59. The molecule has 0 radical (unpaired) electrons. The third-order valence-electron chi connectivity index (χ3n) is 1.64. The van der Waals surface area contributed by atoms with Crippen LogP contribution in [0.15, 0.2) is 11.5 Å². The van der Waals surface area contributed by atoms with Crippen LogP contribution in [0.4, 0.5) is 0 Å². The topological polar surface area (TPSA) is 43.4 Å². The van der Waals surface area contributed by atoms with E-state index in [0.29, 0.717) is 6.61 Å². The molecule has 3 nitrogen and oxygen atoms in total. The third kappa shape index (κ3) is 9.45. The van der Waals surface area contributed by atoms with Gasteiger partial charge >= 0.3 is 5.97 Å². The van der Waals surface area contributed by atoms with Gasteiger partial charge in [-0.25, -0.2) is 4.79 Å². The van der Waals surface area contributed by atoms with Gasteiger partial charge in [-0.1, -0.05) is 26.2 Å². The van der Waals surface area contributed by atoms with Gasteiger partial charge in [0.25, 0.3) is 0 Å². The normalized spacial score (nSPS) is 13.0. The standard InChI is InChI=1S/C10H18O3S/c1-3-4-5-6-8-13-10(11)7-9-14(2)12/h7,9H,3-6,8H2,1-2H3. The highest BCUT2D eigenvalue weighted by Crippen LogP contribution is 1.99.